The van der Waals surface area contributed by atoms with E-state index in [4.69, 9.17) is 5.73 Å². The number of nitrogens with one attached hydrogen (secondary N) is 1. The van der Waals surface area contributed by atoms with Crippen LogP contribution in [0.5, 0.6) is 0 Å². The first kappa shape index (κ1) is 32.0. The van der Waals surface area contributed by atoms with Crippen molar-refractivity contribution in [1.82, 2.24) is 10.2 Å². The van der Waals surface area contributed by atoms with E-state index in [0.29, 0.717) is 19.5 Å². The molecule has 0 radical (unpaired) electrons. The molecule has 0 aromatic heterocycles. The van der Waals surface area contributed by atoms with Gasteiger partial charge in [0.05, 0.1) is 19.2 Å². The summed E-state index contributed by atoms with van der Waals surface area (Å²) in [5.74, 6) is -0.621. The molecule has 1 heterocycles. The van der Waals surface area contributed by atoms with E-state index in [1.807, 2.05) is 85.7 Å². The second kappa shape index (κ2) is 14.6. The summed E-state index contributed by atoms with van der Waals surface area (Å²) in [5.41, 5.74) is 10.3. The molecule has 2 aliphatic rings. The number of urea groups is 1. The van der Waals surface area contributed by atoms with Crippen LogP contribution < -0.4 is 20.9 Å². The predicted molar refractivity (Wildman–Crippen MR) is 177 cm³/mol. The van der Waals surface area contributed by atoms with Crippen molar-refractivity contribution >= 4 is 29.2 Å². The molecule has 1 aliphatic heterocycles. The van der Waals surface area contributed by atoms with Crippen molar-refractivity contribution in [2.24, 2.45) is 11.7 Å². The monoisotopic (exact) mass is 611 g/mol. The molecule has 1 saturated carbocycles. The van der Waals surface area contributed by atoms with Gasteiger partial charge >= 0.3 is 6.03 Å². The molecule has 0 spiro atoms. The summed E-state index contributed by atoms with van der Waals surface area (Å²) in [6.45, 7) is 0.656. The molecule has 3 unspecified atom stereocenters. The minimum atomic E-state index is -0.606. The van der Waals surface area contributed by atoms with E-state index < -0.39 is 18.0 Å². The third kappa shape index (κ3) is 7.48. The van der Waals surface area contributed by atoms with Gasteiger partial charge in [-0.2, -0.15) is 0 Å². The first-order chi connectivity index (χ1) is 21.8. The fourth-order valence-electron chi connectivity index (χ4n) is 6.74. The highest BCUT2D eigenvalue weighted by atomic mass is 16.3. The summed E-state index contributed by atoms with van der Waals surface area (Å²) >= 11 is 0. The number of carbonyl (C=O) groups excluding carboxylic acids is 3. The Bertz CT molecular complexity index is 1440. The molecule has 45 heavy (non-hydrogen) atoms. The molecule has 4 amide bonds. The van der Waals surface area contributed by atoms with Gasteiger partial charge in [-0.25, -0.2) is 4.79 Å². The fraction of sp³-hybridized carbons (Fsp3) is 0.417. The lowest BCUT2D eigenvalue weighted by atomic mass is 9.74. The van der Waals surface area contributed by atoms with E-state index in [9.17, 15) is 19.5 Å². The number of aliphatic hydroxyl groups is 1. The van der Waals surface area contributed by atoms with Crippen LogP contribution in [0.15, 0.2) is 78.9 Å². The van der Waals surface area contributed by atoms with Gasteiger partial charge in [0.1, 0.15) is 6.04 Å². The topological polar surface area (TPSA) is 119 Å². The molecule has 2 fully saturated rings. The molecule has 0 bridgehead atoms. The van der Waals surface area contributed by atoms with Crippen LogP contribution in [0.2, 0.25) is 0 Å². The Morgan fingerprint density at radius 3 is 2.20 bits per heavy atom. The highest BCUT2D eigenvalue weighted by molar-refractivity contribution is 5.96. The van der Waals surface area contributed by atoms with Crippen LogP contribution in [0, 0.1) is 5.92 Å². The molecule has 1 saturated heterocycles. The van der Waals surface area contributed by atoms with Crippen LogP contribution in [0.3, 0.4) is 0 Å². The van der Waals surface area contributed by atoms with Gasteiger partial charge in [-0.1, -0.05) is 67.4 Å². The number of primary amides is 1. The van der Waals surface area contributed by atoms with Crippen molar-refractivity contribution in [1.29, 1.82) is 0 Å². The summed E-state index contributed by atoms with van der Waals surface area (Å²) < 4.78 is 0. The second-order valence-electron chi connectivity index (χ2n) is 12.4. The molecule has 5 rings (SSSR count). The van der Waals surface area contributed by atoms with Crippen molar-refractivity contribution < 1.29 is 19.5 Å². The van der Waals surface area contributed by atoms with Gasteiger partial charge in [-0.15, -0.1) is 0 Å². The molecule has 4 atom stereocenters. The standard InChI is InChI=1S/C36H45N5O4/c1-39(2)28-18-20-29(21-19-28)41(36(45)40-22-8-13-33(40)34(37)43)23-25-14-16-26(17-15-25)30-11-6-7-12-31(30)35(44)38-32(24-42)27-9-4-3-5-10-27/h3-5,9-10,14-21,30-33,42H,6-8,11-13,22-24H2,1-2H3,(H2,37,43)(H,38,44)/t30?,31?,32?,33-/m0/s1. The number of hydrogen-bond acceptors (Lipinski definition) is 5. The number of amides is 4. The largest absolute Gasteiger partial charge is 0.394 e. The van der Waals surface area contributed by atoms with Crippen molar-refractivity contribution in [2.45, 2.75) is 63.1 Å². The summed E-state index contributed by atoms with van der Waals surface area (Å²) in [6.07, 6.45) is 5.08. The van der Waals surface area contributed by atoms with Gasteiger partial charge in [-0.3, -0.25) is 14.5 Å². The Morgan fingerprint density at radius 1 is 0.889 bits per heavy atom. The Morgan fingerprint density at radius 2 is 1.56 bits per heavy atom. The first-order valence-corrected chi connectivity index (χ1v) is 16.0. The number of carbonyl (C=O) groups is 3. The maximum Gasteiger partial charge on any atom is 0.325 e. The lowest BCUT2D eigenvalue weighted by Gasteiger charge is -2.33. The molecule has 238 valence electrons. The molecule has 1 aliphatic carbocycles. The quantitative estimate of drug-likeness (QED) is 0.300. The Kier molecular flexibility index (Phi) is 10.4. The maximum absolute atomic E-state index is 13.9. The summed E-state index contributed by atoms with van der Waals surface area (Å²) in [7, 11) is 3.94. The third-order valence-electron chi connectivity index (χ3n) is 9.29. The van der Waals surface area contributed by atoms with Crippen LogP contribution in [-0.4, -0.2) is 61.1 Å². The lowest BCUT2D eigenvalue weighted by molar-refractivity contribution is -0.127. The van der Waals surface area contributed by atoms with E-state index in [2.05, 4.69) is 17.4 Å². The van der Waals surface area contributed by atoms with Crippen LogP contribution in [0.25, 0.3) is 0 Å². The van der Waals surface area contributed by atoms with Gasteiger partial charge in [0.2, 0.25) is 11.8 Å². The molecule has 4 N–H and O–H groups in total. The number of rotatable bonds is 10. The number of aliphatic hydroxyl groups excluding tert-OH is 1. The van der Waals surface area contributed by atoms with Crippen LogP contribution in [-0.2, 0) is 16.1 Å². The second-order valence-corrected chi connectivity index (χ2v) is 12.4. The van der Waals surface area contributed by atoms with Gasteiger partial charge < -0.3 is 26.0 Å². The highest BCUT2D eigenvalue weighted by Gasteiger charge is 2.36. The molecule has 3 aromatic carbocycles. The van der Waals surface area contributed by atoms with E-state index in [1.165, 1.54) is 0 Å². The van der Waals surface area contributed by atoms with Crippen molar-refractivity contribution in [3.8, 4) is 0 Å². The first-order valence-electron chi connectivity index (χ1n) is 16.0. The zero-order valence-corrected chi connectivity index (χ0v) is 26.3. The van der Waals surface area contributed by atoms with Gasteiger partial charge in [0.25, 0.3) is 0 Å². The normalized spacial score (nSPS) is 20.3. The average molecular weight is 612 g/mol. The van der Waals surface area contributed by atoms with Crippen molar-refractivity contribution in [3.05, 3.63) is 95.6 Å². The SMILES string of the molecule is CN(C)c1ccc(N(Cc2ccc(C3CCCCC3C(=O)NC(CO)c3ccccc3)cc2)C(=O)N2CCC[C@H]2C(N)=O)cc1. The van der Waals surface area contributed by atoms with Crippen LogP contribution in [0.4, 0.5) is 16.2 Å². The predicted octanol–water partition coefficient (Wildman–Crippen LogP) is 4.95. The smallest absolute Gasteiger partial charge is 0.325 e. The van der Waals surface area contributed by atoms with Crippen molar-refractivity contribution in [2.75, 3.05) is 37.0 Å². The van der Waals surface area contributed by atoms with E-state index >= 15 is 0 Å². The molecular weight excluding hydrogens is 566 g/mol. The molecule has 3 aromatic rings. The van der Waals surface area contributed by atoms with Gasteiger partial charge in [0, 0.05) is 37.9 Å². The van der Waals surface area contributed by atoms with Crippen LogP contribution >= 0.6 is 0 Å². The molecule has 9 heteroatoms. The van der Waals surface area contributed by atoms with Crippen LogP contribution in [0.1, 0.15) is 67.2 Å². The number of nitrogens with zero attached hydrogens (tertiary/aromatic N) is 3. The van der Waals surface area contributed by atoms with Gasteiger partial charge in [-0.05, 0) is 72.6 Å². The Labute approximate surface area is 266 Å². The maximum atomic E-state index is 13.9. The van der Waals surface area contributed by atoms with E-state index in [1.54, 1.807) is 9.80 Å². The average Bonchev–Trinajstić information content (AvgIpc) is 3.57. The minimum absolute atomic E-state index is 0.0285. The Balaban J connectivity index is 1.34. The number of anilines is 2. The summed E-state index contributed by atoms with van der Waals surface area (Å²) in [5, 5.41) is 13.1. The zero-order valence-electron chi connectivity index (χ0n) is 26.3. The van der Waals surface area contributed by atoms with Crippen molar-refractivity contribution in [3.63, 3.8) is 0 Å². The number of nitrogens with two attached hydrogens (primary N) is 1. The third-order valence-corrected chi connectivity index (χ3v) is 9.29. The summed E-state index contributed by atoms with van der Waals surface area (Å²) in [4.78, 5) is 44.9. The zero-order chi connectivity index (χ0) is 31.9. The fourth-order valence-corrected chi connectivity index (χ4v) is 6.74. The Hall–Kier alpha value is -4.37. The number of hydrogen-bond donors (Lipinski definition) is 3. The minimum Gasteiger partial charge on any atom is -0.394 e. The van der Waals surface area contributed by atoms with E-state index in [0.717, 1.165) is 60.2 Å². The highest BCUT2D eigenvalue weighted by Crippen LogP contribution is 2.38. The number of benzene rings is 3. The molecule has 9 nitrogen and oxygen atoms in total. The van der Waals surface area contributed by atoms with E-state index in [-0.39, 0.29) is 30.4 Å². The molecular formula is C36H45N5O4. The lowest BCUT2D eigenvalue weighted by Crippen LogP contribution is -2.49. The summed E-state index contributed by atoms with van der Waals surface area (Å²) in [6, 6.07) is 24.3. The number of likely N-dealkylation sites (tertiary alicyclic amines) is 1. The van der Waals surface area contributed by atoms with Gasteiger partial charge in [0.15, 0.2) is 0 Å².